The number of nitrogens with two attached hydrogens (primary N) is 1. The highest BCUT2D eigenvalue weighted by Gasteiger charge is 2.56. The van der Waals surface area contributed by atoms with Gasteiger partial charge in [-0.15, -0.1) is 0 Å². The molecular weight excluding hydrogens is 329 g/mol. The number of ether oxygens (including phenoxy) is 3. The summed E-state index contributed by atoms with van der Waals surface area (Å²) in [6, 6.07) is 3.39. The minimum Gasteiger partial charge on any atom is -0.481 e. The minimum absolute atomic E-state index is 0.199. The molecule has 2 aromatic heterocycles. The molecule has 4 heterocycles. The van der Waals surface area contributed by atoms with Crippen LogP contribution in [0.5, 0.6) is 5.88 Å². The highest BCUT2D eigenvalue weighted by atomic mass is 19.1. The van der Waals surface area contributed by atoms with Crippen LogP contribution in [0.15, 0.2) is 18.3 Å². The second-order valence-electron chi connectivity index (χ2n) is 6.47. The van der Waals surface area contributed by atoms with Gasteiger partial charge in [0.25, 0.3) is 0 Å². The lowest BCUT2D eigenvalue weighted by Crippen LogP contribution is -2.52. The van der Waals surface area contributed by atoms with Gasteiger partial charge in [-0.3, -0.25) is 4.98 Å². The normalized spacial score (nSPS) is 31.4. The predicted molar refractivity (Wildman–Crippen MR) is 86.5 cm³/mol. The van der Waals surface area contributed by atoms with E-state index in [1.165, 1.54) is 7.11 Å². The molecule has 0 spiro atoms. The van der Waals surface area contributed by atoms with Gasteiger partial charge in [0.2, 0.25) is 5.88 Å². The van der Waals surface area contributed by atoms with Crippen LogP contribution in [0, 0.1) is 5.82 Å². The van der Waals surface area contributed by atoms with Crippen molar-refractivity contribution in [1.82, 2.24) is 9.97 Å². The van der Waals surface area contributed by atoms with Gasteiger partial charge < -0.3 is 25.1 Å². The summed E-state index contributed by atoms with van der Waals surface area (Å²) in [4.78, 5) is 8.36. The van der Waals surface area contributed by atoms with Crippen LogP contribution < -0.4 is 10.5 Å². The molecule has 0 radical (unpaired) electrons. The summed E-state index contributed by atoms with van der Waals surface area (Å²) in [5, 5.41) is 11.0. The summed E-state index contributed by atoms with van der Waals surface area (Å²) in [6.07, 6.45) is 0.733. The standard InChI is InChI=1S/C17H20FN3O4/c1-23-13-3-2-11-14(21-13)9(10(18)8-20-11)4-6-17(22)15-12(5-7-24-15)25-16(17)19/h2-3,8,12,15-16,22H,4-7,19H2,1H3. The average Bonchev–Trinajstić information content (AvgIpc) is 3.16. The Morgan fingerprint density at radius 1 is 1.48 bits per heavy atom. The molecule has 0 amide bonds. The molecule has 4 atom stereocenters. The molecular formula is C17H20FN3O4. The maximum Gasteiger partial charge on any atom is 0.213 e. The minimum atomic E-state index is -1.36. The van der Waals surface area contributed by atoms with Gasteiger partial charge in [-0.2, -0.15) is 0 Å². The van der Waals surface area contributed by atoms with Gasteiger partial charge in [0, 0.05) is 18.2 Å². The molecule has 0 bridgehead atoms. The molecule has 4 unspecified atom stereocenters. The van der Waals surface area contributed by atoms with Crippen molar-refractivity contribution in [2.24, 2.45) is 5.73 Å². The molecule has 3 N–H and O–H groups in total. The molecule has 0 aromatic carbocycles. The van der Waals surface area contributed by atoms with Crippen molar-refractivity contribution < 1.29 is 23.7 Å². The number of nitrogens with zero attached hydrogens (tertiary/aromatic N) is 2. The third-order valence-corrected chi connectivity index (χ3v) is 5.07. The Bertz CT molecular complexity index is 805. The highest BCUT2D eigenvalue weighted by molar-refractivity contribution is 5.78. The van der Waals surface area contributed by atoms with Gasteiger partial charge in [0.1, 0.15) is 23.8 Å². The van der Waals surface area contributed by atoms with Gasteiger partial charge in [-0.25, -0.2) is 9.37 Å². The topological polar surface area (TPSA) is 99.7 Å². The third kappa shape index (κ3) is 2.65. The summed E-state index contributed by atoms with van der Waals surface area (Å²) in [5.41, 5.74) is 5.95. The van der Waals surface area contributed by atoms with Crippen molar-refractivity contribution in [3.05, 3.63) is 29.7 Å². The third-order valence-electron chi connectivity index (χ3n) is 5.07. The van der Waals surface area contributed by atoms with Crippen molar-refractivity contribution in [1.29, 1.82) is 0 Å². The van der Waals surface area contributed by atoms with Crippen LogP contribution in [0.4, 0.5) is 4.39 Å². The number of hydrogen-bond donors (Lipinski definition) is 2. The van der Waals surface area contributed by atoms with E-state index in [2.05, 4.69) is 9.97 Å². The number of pyridine rings is 2. The van der Waals surface area contributed by atoms with Crippen molar-refractivity contribution in [3.63, 3.8) is 0 Å². The number of fused-ring (bicyclic) bond motifs is 2. The first-order valence-corrected chi connectivity index (χ1v) is 8.26. The van der Waals surface area contributed by atoms with E-state index in [9.17, 15) is 9.50 Å². The lowest BCUT2D eigenvalue weighted by atomic mass is 9.87. The van der Waals surface area contributed by atoms with Gasteiger partial charge in [0.15, 0.2) is 0 Å². The first-order valence-electron chi connectivity index (χ1n) is 8.26. The number of rotatable bonds is 4. The first kappa shape index (κ1) is 16.6. The Morgan fingerprint density at radius 2 is 2.32 bits per heavy atom. The van der Waals surface area contributed by atoms with E-state index in [-0.39, 0.29) is 18.9 Å². The Labute approximate surface area is 143 Å². The molecule has 0 aliphatic carbocycles. The molecule has 2 aromatic rings. The Balaban J connectivity index is 1.65. The fraction of sp³-hybridized carbons (Fsp3) is 0.529. The second kappa shape index (κ2) is 6.14. The summed E-state index contributed by atoms with van der Waals surface area (Å²) < 4.78 is 30.7. The molecule has 2 aliphatic heterocycles. The number of aliphatic hydroxyl groups is 1. The van der Waals surface area contributed by atoms with Crippen molar-refractivity contribution in [3.8, 4) is 5.88 Å². The van der Waals surface area contributed by atoms with Gasteiger partial charge >= 0.3 is 0 Å². The molecule has 2 aliphatic rings. The molecule has 4 rings (SSSR count). The second-order valence-corrected chi connectivity index (χ2v) is 6.47. The molecule has 2 fully saturated rings. The van der Waals surface area contributed by atoms with E-state index >= 15 is 0 Å². The predicted octanol–water partition coefficient (Wildman–Crippen LogP) is 0.914. The largest absolute Gasteiger partial charge is 0.481 e. The number of aromatic nitrogens is 2. The first-order chi connectivity index (χ1) is 12.0. The molecule has 2 saturated heterocycles. The van der Waals surface area contributed by atoms with Gasteiger partial charge in [-0.1, -0.05) is 0 Å². The van der Waals surface area contributed by atoms with Crippen LogP contribution >= 0.6 is 0 Å². The summed E-state index contributed by atoms with van der Waals surface area (Å²) in [6.45, 7) is 0.523. The summed E-state index contributed by atoms with van der Waals surface area (Å²) in [7, 11) is 1.50. The zero-order chi connectivity index (χ0) is 17.6. The van der Waals surface area contributed by atoms with E-state index in [0.29, 0.717) is 35.5 Å². The Morgan fingerprint density at radius 3 is 3.12 bits per heavy atom. The molecule has 134 valence electrons. The van der Waals surface area contributed by atoms with Crippen molar-refractivity contribution in [2.45, 2.75) is 43.3 Å². The Hall–Kier alpha value is -1.87. The van der Waals surface area contributed by atoms with Gasteiger partial charge in [0.05, 0.1) is 30.4 Å². The smallest absolute Gasteiger partial charge is 0.213 e. The zero-order valence-corrected chi connectivity index (χ0v) is 13.8. The number of hydrogen-bond acceptors (Lipinski definition) is 7. The maximum absolute atomic E-state index is 14.4. The van der Waals surface area contributed by atoms with Crippen LogP contribution in [-0.2, 0) is 15.9 Å². The van der Waals surface area contributed by atoms with E-state index < -0.39 is 23.8 Å². The van der Waals surface area contributed by atoms with Crippen molar-refractivity contribution in [2.75, 3.05) is 13.7 Å². The van der Waals surface area contributed by atoms with Crippen LogP contribution in [0.25, 0.3) is 11.0 Å². The van der Waals surface area contributed by atoms with E-state index in [4.69, 9.17) is 19.9 Å². The molecule has 0 saturated carbocycles. The van der Waals surface area contributed by atoms with Crippen molar-refractivity contribution >= 4 is 11.0 Å². The quantitative estimate of drug-likeness (QED) is 0.846. The van der Waals surface area contributed by atoms with Crippen LogP contribution in [0.1, 0.15) is 18.4 Å². The lowest BCUT2D eigenvalue weighted by molar-refractivity contribution is -0.0990. The Kier molecular flexibility index (Phi) is 4.07. The summed E-state index contributed by atoms with van der Waals surface area (Å²) in [5.74, 6) is -0.104. The van der Waals surface area contributed by atoms with E-state index in [0.717, 1.165) is 6.20 Å². The summed E-state index contributed by atoms with van der Waals surface area (Å²) >= 11 is 0. The monoisotopic (exact) mass is 349 g/mol. The average molecular weight is 349 g/mol. The highest BCUT2D eigenvalue weighted by Crippen LogP contribution is 2.39. The van der Waals surface area contributed by atoms with E-state index in [1.807, 2.05) is 0 Å². The van der Waals surface area contributed by atoms with Crippen LogP contribution in [-0.4, -0.2) is 52.8 Å². The lowest BCUT2D eigenvalue weighted by Gasteiger charge is -2.30. The molecule has 7 nitrogen and oxygen atoms in total. The van der Waals surface area contributed by atoms with Gasteiger partial charge in [-0.05, 0) is 25.3 Å². The molecule has 8 heteroatoms. The van der Waals surface area contributed by atoms with E-state index in [1.54, 1.807) is 12.1 Å². The molecule has 25 heavy (non-hydrogen) atoms. The number of methoxy groups -OCH3 is 1. The fourth-order valence-electron chi connectivity index (χ4n) is 3.68. The zero-order valence-electron chi connectivity index (χ0n) is 13.8. The fourth-order valence-corrected chi connectivity index (χ4v) is 3.68. The maximum atomic E-state index is 14.4. The number of halogens is 1. The van der Waals surface area contributed by atoms with Crippen LogP contribution in [0.2, 0.25) is 0 Å². The SMILES string of the molecule is COc1ccc2ncc(F)c(CCC3(O)C(N)OC4CCOC43)c2n1. The van der Waals surface area contributed by atoms with Crippen LogP contribution in [0.3, 0.4) is 0 Å². The number of aryl methyl sites for hydroxylation is 1.